The second kappa shape index (κ2) is 17.6. The third kappa shape index (κ3) is 15.7. The monoisotopic (exact) mass is 400 g/mol. The summed E-state index contributed by atoms with van der Waals surface area (Å²) in [5.74, 6) is 1.30. The number of hydrogen-bond acceptors (Lipinski definition) is 6. The van der Waals surface area contributed by atoms with E-state index in [0.29, 0.717) is 17.9 Å². The first-order valence-electron chi connectivity index (χ1n) is 11.6. The molecule has 170 valence electrons. The molecule has 0 aromatic rings. The van der Waals surface area contributed by atoms with Crippen molar-refractivity contribution in [3.05, 3.63) is 0 Å². The molecular weight excluding hydrogens is 348 g/mol. The standard InChI is InChI=1S/C22H52N6/c1-8-23-11-19(4)13-25-16-22(7,18-27-15-21(6)28-10-3)17-26-14-20(5)12-24-9-2/h19-21,23-28H,8-18H2,1-7H3. The Hall–Kier alpha value is -0.240. The van der Waals surface area contributed by atoms with E-state index < -0.39 is 0 Å². The molecule has 28 heavy (non-hydrogen) atoms. The second-order valence-corrected chi connectivity index (χ2v) is 8.99. The minimum Gasteiger partial charge on any atom is -0.317 e. The molecule has 0 amide bonds. The van der Waals surface area contributed by atoms with E-state index in [0.717, 1.165) is 72.0 Å². The lowest BCUT2D eigenvalue weighted by Gasteiger charge is -2.32. The average molecular weight is 401 g/mol. The van der Waals surface area contributed by atoms with E-state index in [1.165, 1.54) is 0 Å². The molecule has 0 saturated heterocycles. The fourth-order valence-corrected chi connectivity index (χ4v) is 3.37. The smallest absolute Gasteiger partial charge is 0.0164 e. The molecule has 0 aliphatic heterocycles. The number of rotatable bonds is 20. The highest BCUT2D eigenvalue weighted by molar-refractivity contribution is 4.83. The molecule has 0 rings (SSSR count). The summed E-state index contributed by atoms with van der Waals surface area (Å²) < 4.78 is 0. The van der Waals surface area contributed by atoms with E-state index in [-0.39, 0.29) is 5.41 Å². The van der Waals surface area contributed by atoms with E-state index in [1.54, 1.807) is 0 Å². The van der Waals surface area contributed by atoms with Crippen LogP contribution in [0.3, 0.4) is 0 Å². The minimum atomic E-state index is 0.196. The van der Waals surface area contributed by atoms with E-state index >= 15 is 0 Å². The summed E-state index contributed by atoms with van der Waals surface area (Å²) in [5, 5.41) is 21.5. The van der Waals surface area contributed by atoms with Crippen LogP contribution in [0.1, 0.15) is 48.5 Å². The summed E-state index contributed by atoms with van der Waals surface area (Å²) in [6.45, 7) is 27.2. The highest BCUT2D eigenvalue weighted by Gasteiger charge is 2.24. The molecule has 0 heterocycles. The summed E-state index contributed by atoms with van der Waals surface area (Å²) in [6.07, 6.45) is 0. The molecule has 6 nitrogen and oxygen atoms in total. The molecule has 0 saturated carbocycles. The maximum atomic E-state index is 3.72. The van der Waals surface area contributed by atoms with Gasteiger partial charge >= 0.3 is 0 Å². The van der Waals surface area contributed by atoms with Gasteiger partial charge in [0, 0.05) is 37.6 Å². The molecule has 0 aliphatic carbocycles. The predicted octanol–water partition coefficient (Wildman–Crippen LogP) is 1.25. The van der Waals surface area contributed by atoms with Gasteiger partial charge in [-0.25, -0.2) is 0 Å². The van der Waals surface area contributed by atoms with Gasteiger partial charge in [-0.3, -0.25) is 0 Å². The first-order chi connectivity index (χ1) is 13.4. The van der Waals surface area contributed by atoms with Gasteiger partial charge in [-0.15, -0.1) is 0 Å². The highest BCUT2D eigenvalue weighted by Crippen LogP contribution is 2.13. The van der Waals surface area contributed by atoms with E-state index in [2.05, 4.69) is 80.4 Å². The van der Waals surface area contributed by atoms with Crippen molar-refractivity contribution < 1.29 is 0 Å². The molecule has 0 bridgehead atoms. The van der Waals surface area contributed by atoms with Crippen LogP contribution in [0.15, 0.2) is 0 Å². The van der Waals surface area contributed by atoms with Crippen molar-refractivity contribution in [3.8, 4) is 0 Å². The quantitative estimate of drug-likeness (QED) is 0.185. The van der Waals surface area contributed by atoms with Gasteiger partial charge in [0.15, 0.2) is 0 Å². The molecular formula is C22H52N6. The fraction of sp³-hybridized carbons (Fsp3) is 1.00. The van der Waals surface area contributed by atoms with Crippen molar-refractivity contribution in [1.29, 1.82) is 0 Å². The summed E-state index contributed by atoms with van der Waals surface area (Å²) in [4.78, 5) is 0. The van der Waals surface area contributed by atoms with Crippen molar-refractivity contribution in [2.24, 2.45) is 17.3 Å². The van der Waals surface area contributed by atoms with Crippen molar-refractivity contribution in [2.75, 3.05) is 72.0 Å². The topological polar surface area (TPSA) is 72.2 Å². The Labute approximate surface area is 176 Å². The fourth-order valence-electron chi connectivity index (χ4n) is 3.37. The maximum Gasteiger partial charge on any atom is 0.0164 e. The Morgan fingerprint density at radius 3 is 1.36 bits per heavy atom. The Morgan fingerprint density at radius 2 is 0.964 bits per heavy atom. The van der Waals surface area contributed by atoms with Crippen LogP contribution in [0.25, 0.3) is 0 Å². The molecule has 0 fully saturated rings. The number of hydrogen-bond donors (Lipinski definition) is 6. The lowest BCUT2D eigenvalue weighted by molar-refractivity contribution is 0.260. The van der Waals surface area contributed by atoms with Crippen LogP contribution in [0.5, 0.6) is 0 Å². The third-order valence-corrected chi connectivity index (χ3v) is 5.13. The first-order valence-corrected chi connectivity index (χ1v) is 11.6. The van der Waals surface area contributed by atoms with Gasteiger partial charge in [-0.1, -0.05) is 41.5 Å². The number of likely N-dealkylation sites (N-methyl/N-ethyl adjacent to an activating group) is 1. The Balaban J connectivity index is 4.41. The molecule has 6 heteroatoms. The summed E-state index contributed by atoms with van der Waals surface area (Å²) >= 11 is 0. The SMILES string of the molecule is CCNCC(C)CNCC(C)(CNCC(C)CNCC)CNCC(C)NCC. The molecule has 6 N–H and O–H groups in total. The zero-order valence-corrected chi connectivity index (χ0v) is 20.0. The lowest BCUT2D eigenvalue weighted by Crippen LogP contribution is -2.50. The van der Waals surface area contributed by atoms with Gasteiger partial charge in [-0.05, 0) is 64.6 Å². The van der Waals surface area contributed by atoms with Crippen LogP contribution in [0, 0.1) is 17.3 Å². The van der Waals surface area contributed by atoms with Gasteiger partial charge in [-0.2, -0.15) is 0 Å². The van der Waals surface area contributed by atoms with Gasteiger partial charge < -0.3 is 31.9 Å². The third-order valence-electron chi connectivity index (χ3n) is 5.13. The maximum absolute atomic E-state index is 3.72. The van der Waals surface area contributed by atoms with Crippen molar-refractivity contribution in [1.82, 2.24) is 31.9 Å². The van der Waals surface area contributed by atoms with Gasteiger partial charge in [0.2, 0.25) is 0 Å². The Bertz CT molecular complexity index is 319. The van der Waals surface area contributed by atoms with Crippen molar-refractivity contribution >= 4 is 0 Å². The molecule has 0 radical (unpaired) electrons. The van der Waals surface area contributed by atoms with E-state index in [9.17, 15) is 0 Å². The molecule has 3 unspecified atom stereocenters. The average Bonchev–Trinajstić information content (AvgIpc) is 2.65. The van der Waals surface area contributed by atoms with Crippen LogP contribution in [0.4, 0.5) is 0 Å². The second-order valence-electron chi connectivity index (χ2n) is 8.99. The van der Waals surface area contributed by atoms with E-state index in [4.69, 9.17) is 0 Å². The minimum absolute atomic E-state index is 0.196. The van der Waals surface area contributed by atoms with Crippen LogP contribution < -0.4 is 31.9 Å². The highest BCUT2D eigenvalue weighted by atomic mass is 15.0. The Kier molecular flexibility index (Phi) is 17.5. The van der Waals surface area contributed by atoms with Gasteiger partial charge in [0.1, 0.15) is 0 Å². The van der Waals surface area contributed by atoms with Crippen molar-refractivity contribution in [3.63, 3.8) is 0 Å². The number of nitrogens with one attached hydrogen (secondary N) is 6. The first kappa shape index (κ1) is 27.8. The summed E-state index contributed by atoms with van der Waals surface area (Å²) in [6, 6.07) is 0.510. The van der Waals surface area contributed by atoms with Crippen LogP contribution >= 0.6 is 0 Å². The zero-order valence-electron chi connectivity index (χ0n) is 20.0. The zero-order chi connectivity index (χ0) is 21.3. The van der Waals surface area contributed by atoms with Crippen molar-refractivity contribution in [2.45, 2.75) is 54.5 Å². The normalized spacial score (nSPS) is 17.2. The van der Waals surface area contributed by atoms with Gasteiger partial charge in [0.25, 0.3) is 0 Å². The summed E-state index contributed by atoms with van der Waals surface area (Å²) in [5.41, 5.74) is 0.196. The molecule has 0 aromatic heterocycles. The van der Waals surface area contributed by atoms with Crippen LogP contribution in [-0.2, 0) is 0 Å². The van der Waals surface area contributed by atoms with Crippen LogP contribution in [0.2, 0.25) is 0 Å². The molecule has 0 spiro atoms. The largest absolute Gasteiger partial charge is 0.317 e. The van der Waals surface area contributed by atoms with Gasteiger partial charge in [0.05, 0.1) is 0 Å². The molecule has 0 aliphatic rings. The molecule has 3 atom stereocenters. The Morgan fingerprint density at radius 1 is 0.571 bits per heavy atom. The predicted molar refractivity (Wildman–Crippen MR) is 125 cm³/mol. The van der Waals surface area contributed by atoms with Crippen LogP contribution in [-0.4, -0.2) is 78.0 Å². The van der Waals surface area contributed by atoms with E-state index in [1.807, 2.05) is 0 Å². The summed E-state index contributed by atoms with van der Waals surface area (Å²) in [7, 11) is 0. The molecule has 0 aromatic carbocycles. The lowest BCUT2D eigenvalue weighted by atomic mass is 9.89.